The second-order valence-electron chi connectivity index (χ2n) is 7.02. The molecule has 3 heterocycles. The average Bonchev–Trinajstić information content (AvgIpc) is 3.23. The molecule has 0 spiro atoms. The number of morpholine rings is 1. The van der Waals surface area contributed by atoms with Gasteiger partial charge in [-0.15, -0.1) is 0 Å². The van der Waals surface area contributed by atoms with Crippen molar-refractivity contribution in [2.24, 2.45) is 0 Å². The number of hydrogen-bond donors (Lipinski definition) is 0. The average molecular weight is 377 g/mol. The van der Waals surface area contributed by atoms with E-state index in [2.05, 4.69) is 58.6 Å². The second-order valence-corrected chi connectivity index (χ2v) is 7.02. The number of anilines is 1. The second kappa shape index (κ2) is 8.52. The minimum absolute atomic E-state index is 0.730. The van der Waals surface area contributed by atoms with Gasteiger partial charge in [-0.1, -0.05) is 38.1 Å². The van der Waals surface area contributed by atoms with Crippen LogP contribution in [0.3, 0.4) is 0 Å². The van der Waals surface area contributed by atoms with Crippen molar-refractivity contribution in [3.63, 3.8) is 0 Å². The summed E-state index contributed by atoms with van der Waals surface area (Å²) in [6.07, 6.45) is 5.89. The van der Waals surface area contributed by atoms with Gasteiger partial charge < -0.3 is 14.2 Å². The van der Waals surface area contributed by atoms with Gasteiger partial charge in [0, 0.05) is 48.8 Å². The van der Waals surface area contributed by atoms with Gasteiger partial charge in [-0.3, -0.25) is 0 Å². The number of aromatic nitrogens is 4. The topological polar surface area (TPSA) is 56.1 Å². The highest BCUT2D eigenvalue weighted by molar-refractivity contribution is 5.66. The van der Waals surface area contributed by atoms with Crippen LogP contribution in [0, 0.1) is 0 Å². The Labute approximate surface area is 166 Å². The molecule has 0 amide bonds. The van der Waals surface area contributed by atoms with Gasteiger partial charge in [0.2, 0.25) is 5.95 Å². The maximum absolute atomic E-state index is 5.46. The van der Waals surface area contributed by atoms with E-state index in [0.29, 0.717) is 0 Å². The summed E-state index contributed by atoms with van der Waals surface area (Å²) in [4.78, 5) is 16.3. The Kier molecular flexibility index (Phi) is 5.67. The lowest BCUT2D eigenvalue weighted by Crippen LogP contribution is -2.37. The molecule has 6 nitrogen and oxygen atoms in total. The van der Waals surface area contributed by atoms with Crippen LogP contribution in [-0.4, -0.2) is 45.8 Å². The lowest BCUT2D eigenvalue weighted by atomic mass is 10.1. The summed E-state index contributed by atoms with van der Waals surface area (Å²) in [7, 11) is 0. The van der Waals surface area contributed by atoms with Crippen molar-refractivity contribution in [2.45, 2.75) is 33.2 Å². The van der Waals surface area contributed by atoms with Crippen LogP contribution in [-0.2, 0) is 17.7 Å². The van der Waals surface area contributed by atoms with Gasteiger partial charge in [0.25, 0.3) is 0 Å². The van der Waals surface area contributed by atoms with Crippen molar-refractivity contribution in [1.82, 2.24) is 19.5 Å². The van der Waals surface area contributed by atoms with Crippen LogP contribution in [0.4, 0.5) is 5.95 Å². The molecule has 3 aromatic rings. The predicted octanol–water partition coefficient (Wildman–Crippen LogP) is 3.82. The maximum atomic E-state index is 5.46. The Morgan fingerprint density at radius 3 is 2.46 bits per heavy atom. The normalized spacial score (nSPS) is 14.4. The Hall–Kier alpha value is -2.73. The van der Waals surface area contributed by atoms with E-state index in [4.69, 9.17) is 14.7 Å². The Bertz CT molecular complexity index is 913. The molecule has 0 radical (unpaired) electrons. The molecule has 4 rings (SSSR count). The lowest BCUT2D eigenvalue weighted by Gasteiger charge is -2.27. The molecular weight excluding hydrogens is 350 g/mol. The van der Waals surface area contributed by atoms with Gasteiger partial charge in [0.15, 0.2) is 0 Å². The smallest absolute Gasteiger partial charge is 0.226 e. The third kappa shape index (κ3) is 3.92. The van der Waals surface area contributed by atoms with Gasteiger partial charge in [-0.25, -0.2) is 15.0 Å². The third-order valence-electron chi connectivity index (χ3n) is 5.04. The molecule has 6 heteroatoms. The molecule has 0 atom stereocenters. The van der Waals surface area contributed by atoms with Crippen LogP contribution in [0.1, 0.15) is 26.0 Å². The van der Waals surface area contributed by atoms with Crippen molar-refractivity contribution in [2.75, 3.05) is 31.2 Å². The lowest BCUT2D eigenvalue weighted by molar-refractivity contribution is 0.122. The number of imidazole rings is 1. The maximum Gasteiger partial charge on any atom is 0.226 e. The van der Waals surface area contributed by atoms with E-state index in [1.54, 1.807) is 0 Å². The molecule has 1 aliphatic rings. The first-order valence-electron chi connectivity index (χ1n) is 10.1. The van der Waals surface area contributed by atoms with Gasteiger partial charge in [-0.2, -0.15) is 0 Å². The quantitative estimate of drug-likeness (QED) is 0.654. The molecule has 146 valence electrons. The van der Waals surface area contributed by atoms with E-state index in [-0.39, 0.29) is 0 Å². The molecule has 1 fully saturated rings. The Balaban J connectivity index is 1.64. The van der Waals surface area contributed by atoms with Crippen LogP contribution < -0.4 is 4.90 Å². The summed E-state index contributed by atoms with van der Waals surface area (Å²) >= 11 is 0. The van der Waals surface area contributed by atoms with E-state index in [0.717, 1.165) is 80.0 Å². The summed E-state index contributed by atoms with van der Waals surface area (Å²) in [6.45, 7) is 8.43. The third-order valence-corrected chi connectivity index (χ3v) is 5.04. The van der Waals surface area contributed by atoms with Crippen molar-refractivity contribution >= 4 is 5.95 Å². The van der Waals surface area contributed by atoms with Crippen molar-refractivity contribution in [3.05, 3.63) is 48.4 Å². The Morgan fingerprint density at radius 2 is 1.75 bits per heavy atom. The number of ether oxygens (including phenoxy) is 1. The first-order chi connectivity index (χ1) is 13.8. The monoisotopic (exact) mass is 377 g/mol. The highest BCUT2D eigenvalue weighted by Crippen LogP contribution is 2.25. The van der Waals surface area contributed by atoms with E-state index < -0.39 is 0 Å². The van der Waals surface area contributed by atoms with Crippen molar-refractivity contribution in [3.8, 4) is 22.6 Å². The zero-order valence-corrected chi connectivity index (χ0v) is 16.6. The summed E-state index contributed by atoms with van der Waals surface area (Å²) in [6, 6.07) is 10.6. The molecular formula is C22H27N5O. The molecule has 0 saturated carbocycles. The first kappa shape index (κ1) is 18.6. The molecule has 0 N–H and O–H groups in total. The summed E-state index contributed by atoms with van der Waals surface area (Å²) in [5, 5.41) is 0. The minimum Gasteiger partial charge on any atom is -0.378 e. The minimum atomic E-state index is 0.730. The fourth-order valence-electron chi connectivity index (χ4n) is 3.50. The fourth-order valence-corrected chi connectivity index (χ4v) is 3.50. The first-order valence-corrected chi connectivity index (χ1v) is 10.1. The number of rotatable bonds is 6. The molecule has 28 heavy (non-hydrogen) atoms. The fraction of sp³-hybridized carbons (Fsp3) is 0.409. The Morgan fingerprint density at radius 1 is 1.00 bits per heavy atom. The number of benzene rings is 1. The van der Waals surface area contributed by atoms with Crippen LogP contribution in [0.15, 0.2) is 42.7 Å². The van der Waals surface area contributed by atoms with E-state index >= 15 is 0 Å². The van der Waals surface area contributed by atoms with Crippen LogP contribution in [0.5, 0.6) is 0 Å². The zero-order valence-electron chi connectivity index (χ0n) is 16.6. The number of hydrogen-bond acceptors (Lipinski definition) is 5. The predicted molar refractivity (Wildman–Crippen MR) is 111 cm³/mol. The van der Waals surface area contributed by atoms with Gasteiger partial charge >= 0.3 is 0 Å². The van der Waals surface area contributed by atoms with E-state index in [9.17, 15) is 0 Å². The largest absolute Gasteiger partial charge is 0.378 e. The molecule has 1 aliphatic heterocycles. The molecule has 0 aliphatic carbocycles. The summed E-state index contributed by atoms with van der Waals surface area (Å²) in [5.41, 5.74) is 4.26. The van der Waals surface area contributed by atoms with Crippen LogP contribution in [0.2, 0.25) is 0 Å². The van der Waals surface area contributed by atoms with Gasteiger partial charge in [0.05, 0.1) is 18.9 Å². The highest BCUT2D eigenvalue weighted by Gasteiger charge is 2.16. The molecule has 0 bridgehead atoms. The van der Waals surface area contributed by atoms with E-state index in [1.165, 1.54) is 0 Å². The molecule has 1 aromatic carbocycles. The number of nitrogens with zero attached hydrogens (tertiary/aromatic N) is 5. The van der Waals surface area contributed by atoms with E-state index in [1.807, 2.05) is 12.4 Å². The SMILES string of the molecule is CCCn1ccnc1-c1ccc(-c2cc(CC)nc(N3CCOCC3)n2)cc1. The number of aryl methyl sites for hydroxylation is 2. The van der Waals surface area contributed by atoms with Crippen molar-refractivity contribution < 1.29 is 4.74 Å². The van der Waals surface area contributed by atoms with Gasteiger partial charge in [0.1, 0.15) is 5.82 Å². The molecule has 0 unspecified atom stereocenters. The highest BCUT2D eigenvalue weighted by atomic mass is 16.5. The zero-order chi connectivity index (χ0) is 19.3. The standard InChI is InChI=1S/C22H27N5O/c1-3-10-26-11-9-23-21(26)18-7-5-17(6-8-18)20-16-19(4-2)24-22(25-20)27-12-14-28-15-13-27/h5-9,11,16H,3-4,10,12-15H2,1-2H3. The molecule has 1 saturated heterocycles. The van der Waals surface area contributed by atoms with Crippen LogP contribution in [0.25, 0.3) is 22.6 Å². The molecule has 2 aromatic heterocycles. The summed E-state index contributed by atoms with van der Waals surface area (Å²) < 4.78 is 7.66. The summed E-state index contributed by atoms with van der Waals surface area (Å²) in [5.74, 6) is 1.82. The van der Waals surface area contributed by atoms with Gasteiger partial charge in [-0.05, 0) is 18.9 Å². The van der Waals surface area contributed by atoms with Crippen LogP contribution >= 0.6 is 0 Å². The van der Waals surface area contributed by atoms with Crippen molar-refractivity contribution in [1.29, 1.82) is 0 Å².